The maximum absolute atomic E-state index is 13.1. The van der Waals surface area contributed by atoms with Gasteiger partial charge in [-0.3, -0.25) is 9.69 Å². The van der Waals surface area contributed by atoms with Crippen LogP contribution >= 0.6 is 0 Å². The first kappa shape index (κ1) is 23.7. The molecule has 2 aromatic rings. The number of methoxy groups -OCH3 is 1. The fourth-order valence-corrected chi connectivity index (χ4v) is 5.29. The van der Waals surface area contributed by atoms with Crippen LogP contribution in [0.1, 0.15) is 40.4 Å². The summed E-state index contributed by atoms with van der Waals surface area (Å²) in [7, 11) is -2.00. The molecule has 1 unspecified atom stereocenters. The van der Waals surface area contributed by atoms with Crippen molar-refractivity contribution < 1.29 is 22.7 Å². The largest absolute Gasteiger partial charge is 0.497 e. The van der Waals surface area contributed by atoms with Crippen molar-refractivity contribution in [2.24, 2.45) is 0 Å². The molecule has 8 nitrogen and oxygen atoms in total. The number of amides is 1. The lowest BCUT2D eigenvalue weighted by Crippen LogP contribution is -2.43. The molecular formula is C24H31N3O5S. The number of rotatable bonds is 9. The van der Waals surface area contributed by atoms with Crippen LogP contribution in [0.4, 0.5) is 0 Å². The topological polar surface area (TPSA) is 97.0 Å². The predicted molar refractivity (Wildman–Crippen MR) is 125 cm³/mol. The maximum Gasteiger partial charge on any atom is 0.251 e. The number of sulfonamides is 1. The van der Waals surface area contributed by atoms with Crippen molar-refractivity contribution in [3.63, 3.8) is 0 Å². The fraction of sp³-hybridized carbons (Fsp3) is 0.458. The van der Waals surface area contributed by atoms with E-state index in [2.05, 4.69) is 14.9 Å². The molecule has 2 aromatic carbocycles. The summed E-state index contributed by atoms with van der Waals surface area (Å²) in [5.41, 5.74) is 2.16. The van der Waals surface area contributed by atoms with E-state index in [-0.39, 0.29) is 22.9 Å². The Kier molecular flexibility index (Phi) is 7.33. The third kappa shape index (κ3) is 5.92. The first-order valence-corrected chi connectivity index (χ1v) is 12.7. The molecule has 0 bridgehead atoms. The average Bonchev–Trinajstić information content (AvgIpc) is 3.63. The highest BCUT2D eigenvalue weighted by Crippen LogP contribution is 2.25. The molecule has 2 aliphatic rings. The highest BCUT2D eigenvalue weighted by Gasteiger charge is 2.29. The summed E-state index contributed by atoms with van der Waals surface area (Å²) in [4.78, 5) is 15.5. The Bertz CT molecular complexity index is 1080. The number of carbonyl (C=O) groups is 1. The molecule has 0 aromatic heterocycles. The Morgan fingerprint density at radius 2 is 1.85 bits per heavy atom. The summed E-state index contributed by atoms with van der Waals surface area (Å²) >= 11 is 0. The summed E-state index contributed by atoms with van der Waals surface area (Å²) in [6, 6.07) is 12.5. The fourth-order valence-electron chi connectivity index (χ4n) is 3.96. The van der Waals surface area contributed by atoms with E-state index in [4.69, 9.17) is 9.47 Å². The summed E-state index contributed by atoms with van der Waals surface area (Å²) in [5, 5.41) is 3.03. The molecule has 1 saturated heterocycles. The van der Waals surface area contributed by atoms with Gasteiger partial charge in [0.15, 0.2) is 0 Å². The number of hydrogen-bond acceptors (Lipinski definition) is 6. The molecule has 1 heterocycles. The Hall–Kier alpha value is -2.46. The molecule has 178 valence electrons. The number of benzene rings is 2. The molecule has 4 rings (SSSR count). The first-order valence-electron chi connectivity index (χ1n) is 11.2. The Morgan fingerprint density at radius 1 is 1.15 bits per heavy atom. The van der Waals surface area contributed by atoms with Gasteiger partial charge >= 0.3 is 0 Å². The predicted octanol–water partition coefficient (Wildman–Crippen LogP) is 2.25. The second-order valence-corrected chi connectivity index (χ2v) is 10.2. The highest BCUT2D eigenvalue weighted by atomic mass is 32.2. The van der Waals surface area contributed by atoms with Crippen molar-refractivity contribution in [1.29, 1.82) is 0 Å². The van der Waals surface area contributed by atoms with Crippen LogP contribution in [0.5, 0.6) is 5.75 Å². The number of ether oxygens (including phenoxy) is 2. The zero-order valence-corrected chi connectivity index (χ0v) is 19.9. The lowest BCUT2D eigenvalue weighted by molar-refractivity contribution is 0.0162. The van der Waals surface area contributed by atoms with Crippen molar-refractivity contribution >= 4 is 15.9 Å². The summed E-state index contributed by atoms with van der Waals surface area (Å²) in [6.07, 6.45) is 1.71. The summed E-state index contributed by atoms with van der Waals surface area (Å²) < 4.78 is 38.7. The third-order valence-electron chi connectivity index (χ3n) is 6.11. The van der Waals surface area contributed by atoms with Gasteiger partial charge in [-0.05, 0) is 55.2 Å². The monoisotopic (exact) mass is 473 g/mol. The molecule has 0 spiro atoms. The van der Waals surface area contributed by atoms with Gasteiger partial charge in [-0.15, -0.1) is 0 Å². The zero-order valence-electron chi connectivity index (χ0n) is 19.0. The van der Waals surface area contributed by atoms with Crippen LogP contribution in [0.2, 0.25) is 0 Å². The van der Waals surface area contributed by atoms with Crippen LogP contribution in [0, 0.1) is 6.92 Å². The smallest absolute Gasteiger partial charge is 0.251 e. The standard InChI is InChI=1S/C24H31N3O5S/c1-17-3-10-21(33(29,30)26-19-6-7-19)15-22(17)24(28)25-16-23(27-11-13-32-14-12-27)18-4-8-20(31-2)9-5-18/h3-5,8-10,15,19,23,26H,6-7,11-14,16H2,1-2H3,(H,25,28). The minimum absolute atomic E-state index is 0.00681. The van der Waals surface area contributed by atoms with E-state index >= 15 is 0 Å². The molecule has 1 saturated carbocycles. The SMILES string of the molecule is COc1ccc(C(CNC(=O)c2cc(S(=O)(=O)NC3CC3)ccc2C)N2CCOCC2)cc1. The van der Waals surface area contributed by atoms with Crippen LogP contribution in [-0.2, 0) is 14.8 Å². The summed E-state index contributed by atoms with van der Waals surface area (Å²) in [5.74, 6) is 0.486. The average molecular weight is 474 g/mol. The molecule has 2 fully saturated rings. The van der Waals surface area contributed by atoms with Crippen LogP contribution < -0.4 is 14.8 Å². The number of morpholine rings is 1. The quantitative estimate of drug-likeness (QED) is 0.580. The molecule has 33 heavy (non-hydrogen) atoms. The Balaban J connectivity index is 1.51. The second-order valence-electron chi connectivity index (χ2n) is 8.52. The maximum atomic E-state index is 13.1. The molecule has 1 aliphatic carbocycles. The van der Waals surface area contributed by atoms with E-state index in [1.54, 1.807) is 19.2 Å². The van der Waals surface area contributed by atoms with Crippen molar-refractivity contribution in [2.45, 2.75) is 36.7 Å². The van der Waals surface area contributed by atoms with Gasteiger partial charge in [0.1, 0.15) is 5.75 Å². The van der Waals surface area contributed by atoms with Gasteiger partial charge in [0, 0.05) is 31.2 Å². The Labute approximate surface area is 195 Å². The van der Waals surface area contributed by atoms with Gasteiger partial charge in [-0.2, -0.15) is 0 Å². The van der Waals surface area contributed by atoms with Crippen LogP contribution in [-0.4, -0.2) is 65.2 Å². The number of carbonyl (C=O) groups excluding carboxylic acids is 1. The molecule has 1 atom stereocenters. The van der Waals surface area contributed by atoms with Gasteiger partial charge in [-0.1, -0.05) is 18.2 Å². The third-order valence-corrected chi connectivity index (χ3v) is 7.62. The number of aryl methyl sites for hydroxylation is 1. The second kappa shape index (κ2) is 10.2. The van der Waals surface area contributed by atoms with Gasteiger partial charge < -0.3 is 14.8 Å². The van der Waals surface area contributed by atoms with Crippen LogP contribution in [0.3, 0.4) is 0 Å². The normalized spacial score (nSPS) is 18.0. The van der Waals surface area contributed by atoms with E-state index < -0.39 is 10.0 Å². The summed E-state index contributed by atoms with van der Waals surface area (Å²) in [6.45, 7) is 5.03. The highest BCUT2D eigenvalue weighted by molar-refractivity contribution is 7.89. The Morgan fingerprint density at radius 3 is 2.48 bits per heavy atom. The van der Waals surface area contributed by atoms with E-state index in [9.17, 15) is 13.2 Å². The molecule has 1 amide bonds. The minimum Gasteiger partial charge on any atom is -0.497 e. The van der Waals surface area contributed by atoms with Gasteiger partial charge in [0.25, 0.3) is 5.91 Å². The van der Waals surface area contributed by atoms with Gasteiger partial charge in [0.05, 0.1) is 31.3 Å². The number of nitrogens with one attached hydrogen (secondary N) is 2. The van der Waals surface area contributed by atoms with Crippen molar-refractivity contribution in [3.8, 4) is 5.75 Å². The van der Waals surface area contributed by atoms with Crippen molar-refractivity contribution in [3.05, 3.63) is 59.2 Å². The minimum atomic E-state index is -3.63. The lowest BCUT2D eigenvalue weighted by atomic mass is 10.0. The van der Waals surface area contributed by atoms with Gasteiger partial charge in [0.2, 0.25) is 10.0 Å². The molecule has 9 heteroatoms. The molecule has 0 radical (unpaired) electrons. The van der Waals surface area contributed by atoms with E-state index in [1.807, 2.05) is 31.2 Å². The van der Waals surface area contributed by atoms with Crippen molar-refractivity contribution in [1.82, 2.24) is 14.9 Å². The zero-order chi connectivity index (χ0) is 23.4. The van der Waals surface area contributed by atoms with Crippen LogP contribution in [0.25, 0.3) is 0 Å². The van der Waals surface area contributed by atoms with Gasteiger partial charge in [-0.25, -0.2) is 13.1 Å². The molecule has 1 aliphatic heterocycles. The molecule has 2 N–H and O–H groups in total. The molecular weight excluding hydrogens is 442 g/mol. The van der Waals surface area contributed by atoms with E-state index in [1.165, 1.54) is 6.07 Å². The van der Waals surface area contributed by atoms with E-state index in [0.29, 0.717) is 25.3 Å². The van der Waals surface area contributed by atoms with Crippen molar-refractivity contribution in [2.75, 3.05) is 40.0 Å². The first-order chi connectivity index (χ1) is 15.9. The number of nitrogens with zero attached hydrogens (tertiary/aromatic N) is 1. The number of hydrogen-bond donors (Lipinski definition) is 2. The van der Waals surface area contributed by atoms with Crippen LogP contribution in [0.15, 0.2) is 47.4 Å². The van der Waals surface area contributed by atoms with E-state index in [0.717, 1.165) is 42.8 Å². The lowest BCUT2D eigenvalue weighted by Gasteiger charge is -2.35.